The molecule has 3 aromatic carbocycles. The first-order valence-corrected chi connectivity index (χ1v) is 11.5. The van der Waals surface area contributed by atoms with Gasteiger partial charge in [0.05, 0.1) is 11.5 Å². The van der Waals surface area contributed by atoms with Gasteiger partial charge < -0.3 is 4.74 Å². The Morgan fingerprint density at radius 3 is 1.87 bits per heavy atom. The second-order valence-electron chi connectivity index (χ2n) is 6.26. The molecule has 0 aromatic heterocycles. The minimum Gasteiger partial charge on any atom is -0.464 e. The molecule has 0 heterocycles. The molecule has 154 valence electrons. The van der Waals surface area contributed by atoms with Crippen LogP contribution in [0.2, 0.25) is 0 Å². The Labute approximate surface area is 180 Å². The molecule has 0 radical (unpaired) electrons. The fourth-order valence-electron chi connectivity index (χ4n) is 2.89. The molecule has 3 aromatic rings. The number of hydrogen-bond acceptors (Lipinski definition) is 6. The highest BCUT2D eigenvalue weighted by Crippen LogP contribution is 2.44. The van der Waals surface area contributed by atoms with Crippen LogP contribution in [0.3, 0.4) is 0 Å². The van der Waals surface area contributed by atoms with Crippen LogP contribution in [0.15, 0.2) is 101 Å². The van der Waals surface area contributed by atoms with Crippen LogP contribution in [0.4, 0.5) is 0 Å². The van der Waals surface area contributed by atoms with Crippen LogP contribution in [0, 0.1) is 0 Å². The van der Waals surface area contributed by atoms with Gasteiger partial charge >= 0.3 is 5.97 Å². The Hall–Kier alpha value is -2.90. The summed E-state index contributed by atoms with van der Waals surface area (Å²) in [5.41, 5.74) is 0.105. The first-order chi connectivity index (χ1) is 14.4. The van der Waals surface area contributed by atoms with Crippen molar-refractivity contribution < 1.29 is 22.7 Å². The maximum absolute atomic E-state index is 13.8. The Kier molecular flexibility index (Phi) is 6.74. The summed E-state index contributed by atoms with van der Waals surface area (Å²) in [5, 5.41) is 0. The number of benzene rings is 3. The minimum absolute atomic E-state index is 0.0672. The van der Waals surface area contributed by atoms with E-state index in [4.69, 9.17) is 4.74 Å². The lowest BCUT2D eigenvalue weighted by molar-refractivity contribution is -0.142. The lowest BCUT2D eigenvalue weighted by Crippen LogP contribution is -2.51. The fraction of sp³-hybridized carbons (Fsp3) is 0.130. The number of carbonyl (C=O) groups excluding carboxylic acids is 2. The summed E-state index contributed by atoms with van der Waals surface area (Å²) in [7, 11) is -4.49. The molecule has 1 unspecified atom stereocenters. The molecule has 5 nitrogen and oxygen atoms in total. The standard InChI is InChI=1S/C23H20O5S2/c1-2-28-22(25)23(29-19-14-8-4-9-15-19,21(24)18-12-6-3-7-13-18)30(26,27)20-16-10-5-11-17-20/h3-17H,2H2,1H3. The summed E-state index contributed by atoms with van der Waals surface area (Å²) < 4.78 is 30.3. The number of rotatable bonds is 8. The average Bonchev–Trinajstić information content (AvgIpc) is 2.79. The number of thioether (sulfide) groups is 1. The Balaban J connectivity index is 2.31. The Morgan fingerprint density at radius 2 is 1.33 bits per heavy atom. The molecule has 0 saturated carbocycles. The zero-order chi connectivity index (χ0) is 21.6. The topological polar surface area (TPSA) is 77.5 Å². The second kappa shape index (κ2) is 9.28. The van der Waals surface area contributed by atoms with Crippen LogP contribution < -0.4 is 0 Å². The molecule has 7 heteroatoms. The number of hydrogen-bond donors (Lipinski definition) is 0. The zero-order valence-corrected chi connectivity index (χ0v) is 17.9. The van der Waals surface area contributed by atoms with Crippen LogP contribution in [0.5, 0.6) is 0 Å². The van der Waals surface area contributed by atoms with Crippen molar-refractivity contribution >= 4 is 33.4 Å². The van der Waals surface area contributed by atoms with Crippen LogP contribution >= 0.6 is 11.8 Å². The van der Waals surface area contributed by atoms with Gasteiger partial charge in [0.15, 0.2) is 0 Å². The monoisotopic (exact) mass is 440 g/mol. The van der Waals surface area contributed by atoms with E-state index < -0.39 is 25.7 Å². The number of ketones is 1. The molecule has 3 rings (SSSR count). The van der Waals surface area contributed by atoms with Crippen molar-refractivity contribution in [3.05, 3.63) is 96.6 Å². The van der Waals surface area contributed by atoms with Crippen LogP contribution in [0.1, 0.15) is 17.3 Å². The number of Topliss-reactive ketones (excluding diaryl/α,β-unsaturated/α-hetero) is 1. The molecule has 1 atom stereocenters. The summed E-state index contributed by atoms with van der Waals surface area (Å²) in [6, 6.07) is 23.9. The van der Waals surface area contributed by atoms with Crippen molar-refractivity contribution in [1.29, 1.82) is 0 Å². The molecular weight excluding hydrogens is 420 g/mol. The fourth-order valence-corrected chi connectivity index (χ4v) is 6.37. The van der Waals surface area contributed by atoms with Crippen molar-refractivity contribution in [2.75, 3.05) is 6.61 Å². The Morgan fingerprint density at radius 1 is 0.833 bits per heavy atom. The van der Waals surface area contributed by atoms with E-state index in [0.29, 0.717) is 16.7 Å². The minimum atomic E-state index is -4.49. The number of esters is 1. The molecule has 0 N–H and O–H groups in total. The zero-order valence-electron chi connectivity index (χ0n) is 16.2. The molecule has 0 aliphatic heterocycles. The maximum Gasteiger partial charge on any atom is 0.346 e. The van der Waals surface area contributed by atoms with Gasteiger partial charge in [-0.05, 0) is 31.2 Å². The van der Waals surface area contributed by atoms with E-state index in [1.807, 2.05) is 0 Å². The van der Waals surface area contributed by atoms with E-state index in [9.17, 15) is 18.0 Å². The summed E-state index contributed by atoms with van der Waals surface area (Å²) in [4.78, 5) is 27.3. The largest absolute Gasteiger partial charge is 0.464 e. The lowest BCUT2D eigenvalue weighted by Gasteiger charge is -2.29. The van der Waals surface area contributed by atoms with Gasteiger partial charge in [0.1, 0.15) is 0 Å². The van der Waals surface area contributed by atoms with E-state index in [0.717, 1.165) is 0 Å². The van der Waals surface area contributed by atoms with E-state index in [1.54, 1.807) is 73.7 Å². The van der Waals surface area contributed by atoms with Crippen molar-refractivity contribution in [2.24, 2.45) is 0 Å². The summed E-state index contributed by atoms with van der Waals surface area (Å²) in [5.74, 6) is -1.96. The maximum atomic E-state index is 13.8. The SMILES string of the molecule is CCOC(=O)C(Sc1ccccc1)(C(=O)c1ccccc1)S(=O)(=O)c1ccccc1. The summed E-state index contributed by atoms with van der Waals surface area (Å²) in [6.07, 6.45) is 0. The highest BCUT2D eigenvalue weighted by molar-refractivity contribution is 8.17. The molecule has 0 bridgehead atoms. The van der Waals surface area contributed by atoms with Crippen molar-refractivity contribution in [3.8, 4) is 0 Å². The van der Waals surface area contributed by atoms with Crippen LogP contribution in [-0.2, 0) is 19.4 Å². The molecule has 0 spiro atoms. The van der Waals surface area contributed by atoms with E-state index in [2.05, 4.69) is 0 Å². The first kappa shape index (κ1) is 21.8. The molecule has 0 aliphatic rings. The molecule has 0 amide bonds. The average molecular weight is 441 g/mol. The first-order valence-electron chi connectivity index (χ1n) is 9.24. The van der Waals surface area contributed by atoms with Gasteiger partial charge in [-0.15, -0.1) is 0 Å². The number of ether oxygens (including phenoxy) is 1. The predicted molar refractivity (Wildman–Crippen MR) is 116 cm³/mol. The summed E-state index contributed by atoms with van der Waals surface area (Å²) in [6.45, 7) is 1.50. The molecule has 0 saturated heterocycles. The van der Waals surface area contributed by atoms with Crippen molar-refractivity contribution in [1.82, 2.24) is 0 Å². The van der Waals surface area contributed by atoms with Gasteiger partial charge in [0.2, 0.25) is 15.6 Å². The molecule has 0 fully saturated rings. The highest BCUT2D eigenvalue weighted by Gasteiger charge is 2.60. The van der Waals surface area contributed by atoms with E-state index in [1.165, 1.54) is 24.3 Å². The number of sulfone groups is 1. The highest BCUT2D eigenvalue weighted by atomic mass is 32.3. The third-order valence-corrected chi connectivity index (χ3v) is 8.37. The van der Waals surface area contributed by atoms with Gasteiger partial charge in [0.25, 0.3) is 4.08 Å². The van der Waals surface area contributed by atoms with Gasteiger partial charge in [-0.1, -0.05) is 78.5 Å². The third kappa shape index (κ3) is 4.04. The van der Waals surface area contributed by atoms with Gasteiger partial charge in [-0.3, -0.25) is 4.79 Å². The van der Waals surface area contributed by atoms with Gasteiger partial charge in [-0.25, -0.2) is 13.2 Å². The predicted octanol–water partition coefficient (Wildman–Crippen LogP) is 4.39. The lowest BCUT2D eigenvalue weighted by atomic mass is 10.1. The molecule has 0 aliphatic carbocycles. The quantitative estimate of drug-likeness (QED) is 0.224. The van der Waals surface area contributed by atoms with Crippen LogP contribution in [0.25, 0.3) is 0 Å². The second-order valence-corrected chi connectivity index (χ2v) is 9.90. The normalized spacial score (nSPS) is 13.2. The van der Waals surface area contributed by atoms with E-state index in [-0.39, 0.29) is 17.1 Å². The van der Waals surface area contributed by atoms with Crippen LogP contribution in [-0.4, -0.2) is 30.9 Å². The van der Waals surface area contributed by atoms with Gasteiger partial charge in [-0.2, -0.15) is 0 Å². The smallest absolute Gasteiger partial charge is 0.346 e. The molecule has 30 heavy (non-hydrogen) atoms. The number of carbonyl (C=O) groups is 2. The third-order valence-electron chi connectivity index (χ3n) is 4.32. The van der Waals surface area contributed by atoms with E-state index >= 15 is 0 Å². The van der Waals surface area contributed by atoms with Crippen molar-refractivity contribution in [2.45, 2.75) is 20.8 Å². The van der Waals surface area contributed by atoms with Gasteiger partial charge in [0, 0.05) is 10.5 Å². The summed E-state index contributed by atoms with van der Waals surface area (Å²) >= 11 is 0.677. The van der Waals surface area contributed by atoms with Crippen molar-refractivity contribution in [3.63, 3.8) is 0 Å². The Bertz CT molecular complexity index is 1110. The molecular formula is C23H20O5S2.